The lowest BCUT2D eigenvalue weighted by Gasteiger charge is -2.06. The summed E-state index contributed by atoms with van der Waals surface area (Å²) >= 11 is 0. The zero-order chi connectivity index (χ0) is 9.80. The highest BCUT2D eigenvalue weighted by Gasteiger charge is 2.07. The van der Waals surface area contributed by atoms with E-state index in [4.69, 9.17) is 5.73 Å². The number of aromatic nitrogens is 2. The normalized spacial score (nSPS) is 17.7. The quantitative estimate of drug-likeness (QED) is 0.683. The molecule has 76 valence electrons. The van der Waals surface area contributed by atoms with Gasteiger partial charge in [-0.25, -0.2) is 9.97 Å². The average Bonchev–Trinajstić information content (AvgIpc) is 2.29. The molecule has 2 rings (SSSR count). The zero-order valence-electron chi connectivity index (χ0n) is 8.50. The molecule has 0 saturated heterocycles. The topological polar surface area (TPSA) is 51.8 Å². The van der Waals surface area contributed by atoms with Crippen molar-refractivity contribution in [3.63, 3.8) is 0 Å². The summed E-state index contributed by atoms with van der Waals surface area (Å²) in [6.45, 7) is 0. The van der Waals surface area contributed by atoms with E-state index < -0.39 is 0 Å². The van der Waals surface area contributed by atoms with E-state index >= 15 is 0 Å². The van der Waals surface area contributed by atoms with E-state index in [-0.39, 0.29) is 0 Å². The predicted molar refractivity (Wildman–Crippen MR) is 56.9 cm³/mol. The summed E-state index contributed by atoms with van der Waals surface area (Å²) in [5, 5.41) is 0. The molecule has 0 bridgehead atoms. The second-order valence-corrected chi connectivity index (χ2v) is 3.97. The molecule has 0 atom stereocenters. The number of aryl methyl sites for hydroxylation is 2. The molecule has 3 heteroatoms. The highest BCUT2D eigenvalue weighted by molar-refractivity contribution is 5.25. The van der Waals surface area contributed by atoms with Crippen molar-refractivity contribution < 1.29 is 0 Å². The van der Waals surface area contributed by atoms with E-state index in [0.29, 0.717) is 5.95 Å². The van der Waals surface area contributed by atoms with Crippen molar-refractivity contribution in [2.75, 3.05) is 5.73 Å². The number of hydrogen-bond donors (Lipinski definition) is 1. The van der Waals surface area contributed by atoms with Gasteiger partial charge in [-0.05, 0) is 31.2 Å². The molecular formula is C11H17N3. The van der Waals surface area contributed by atoms with Gasteiger partial charge in [-0.15, -0.1) is 0 Å². The molecule has 1 aliphatic rings. The molecule has 0 saturated carbocycles. The first-order chi connectivity index (χ1) is 6.86. The summed E-state index contributed by atoms with van der Waals surface area (Å²) in [6, 6.07) is 0. The fourth-order valence-corrected chi connectivity index (χ4v) is 2.02. The van der Waals surface area contributed by atoms with Crippen LogP contribution in [0.2, 0.25) is 0 Å². The maximum atomic E-state index is 5.59. The third-order valence-electron chi connectivity index (χ3n) is 2.83. The van der Waals surface area contributed by atoms with Crippen molar-refractivity contribution in [1.29, 1.82) is 0 Å². The number of hydrogen-bond acceptors (Lipinski definition) is 3. The maximum absolute atomic E-state index is 5.59. The Kier molecular flexibility index (Phi) is 2.96. The van der Waals surface area contributed by atoms with Crippen molar-refractivity contribution in [2.45, 2.75) is 44.9 Å². The van der Waals surface area contributed by atoms with Gasteiger partial charge in [0.25, 0.3) is 0 Å². The molecule has 3 nitrogen and oxygen atoms in total. The summed E-state index contributed by atoms with van der Waals surface area (Å²) in [5.74, 6) is 0.419. The number of anilines is 1. The van der Waals surface area contributed by atoms with Crippen molar-refractivity contribution in [3.05, 3.63) is 17.5 Å². The minimum absolute atomic E-state index is 0.419. The standard InChI is InChI=1S/C11H17N3/c12-11-13-8-9-6-4-2-1-3-5-7-10(9)14-11/h8H,1-7H2,(H2,12,13,14). The summed E-state index contributed by atoms with van der Waals surface area (Å²) < 4.78 is 0. The number of rotatable bonds is 0. The molecule has 0 amide bonds. The van der Waals surface area contributed by atoms with E-state index in [2.05, 4.69) is 9.97 Å². The average molecular weight is 191 g/mol. The maximum Gasteiger partial charge on any atom is 0.220 e. The molecule has 0 aliphatic heterocycles. The first-order valence-electron chi connectivity index (χ1n) is 5.46. The van der Waals surface area contributed by atoms with Gasteiger partial charge in [0.1, 0.15) is 0 Å². The number of nitrogens with two attached hydrogens (primary N) is 1. The van der Waals surface area contributed by atoms with Crippen molar-refractivity contribution >= 4 is 5.95 Å². The minimum Gasteiger partial charge on any atom is -0.368 e. The molecular weight excluding hydrogens is 174 g/mol. The van der Waals surface area contributed by atoms with E-state index in [1.807, 2.05) is 6.20 Å². The Balaban J connectivity index is 2.22. The van der Waals surface area contributed by atoms with Gasteiger partial charge in [-0.1, -0.05) is 19.3 Å². The number of fused-ring (bicyclic) bond motifs is 1. The largest absolute Gasteiger partial charge is 0.368 e. The first-order valence-corrected chi connectivity index (χ1v) is 5.46. The Morgan fingerprint density at radius 2 is 1.71 bits per heavy atom. The Morgan fingerprint density at radius 3 is 2.57 bits per heavy atom. The van der Waals surface area contributed by atoms with Gasteiger partial charge in [0.05, 0.1) is 0 Å². The van der Waals surface area contributed by atoms with Gasteiger partial charge in [0.2, 0.25) is 5.95 Å². The van der Waals surface area contributed by atoms with Gasteiger partial charge in [-0.3, -0.25) is 0 Å². The molecule has 1 aromatic rings. The molecule has 1 aromatic heterocycles. The molecule has 1 aliphatic carbocycles. The van der Waals surface area contributed by atoms with Gasteiger partial charge >= 0.3 is 0 Å². The van der Waals surface area contributed by atoms with Crippen LogP contribution in [0.15, 0.2) is 6.20 Å². The summed E-state index contributed by atoms with van der Waals surface area (Å²) in [4.78, 5) is 8.39. The molecule has 0 radical (unpaired) electrons. The molecule has 0 spiro atoms. The van der Waals surface area contributed by atoms with Crippen LogP contribution in [0.25, 0.3) is 0 Å². The third kappa shape index (κ3) is 2.22. The van der Waals surface area contributed by atoms with Gasteiger partial charge < -0.3 is 5.73 Å². The highest BCUT2D eigenvalue weighted by atomic mass is 15.0. The van der Waals surface area contributed by atoms with Crippen LogP contribution in [0.5, 0.6) is 0 Å². The molecule has 14 heavy (non-hydrogen) atoms. The van der Waals surface area contributed by atoms with Crippen LogP contribution in [0.1, 0.15) is 43.4 Å². The van der Waals surface area contributed by atoms with E-state index in [1.165, 1.54) is 43.4 Å². The smallest absolute Gasteiger partial charge is 0.220 e. The Bertz CT molecular complexity index is 309. The molecule has 1 heterocycles. The fraction of sp³-hybridized carbons (Fsp3) is 0.636. The molecule has 2 N–H and O–H groups in total. The van der Waals surface area contributed by atoms with E-state index in [9.17, 15) is 0 Å². The SMILES string of the molecule is Nc1ncc2c(n1)CCCCCCC2. The molecule has 0 fully saturated rings. The van der Waals surface area contributed by atoms with Gasteiger partial charge in [0, 0.05) is 11.9 Å². The van der Waals surface area contributed by atoms with Gasteiger partial charge in [0.15, 0.2) is 0 Å². The van der Waals surface area contributed by atoms with Crippen molar-refractivity contribution in [3.8, 4) is 0 Å². The second-order valence-electron chi connectivity index (χ2n) is 3.97. The number of nitrogen functional groups attached to an aromatic ring is 1. The van der Waals surface area contributed by atoms with Crippen molar-refractivity contribution in [1.82, 2.24) is 9.97 Å². The second kappa shape index (κ2) is 4.40. The van der Waals surface area contributed by atoms with Crippen LogP contribution in [0, 0.1) is 0 Å². The van der Waals surface area contributed by atoms with E-state index in [1.54, 1.807) is 0 Å². The van der Waals surface area contributed by atoms with Crippen LogP contribution >= 0.6 is 0 Å². The summed E-state index contributed by atoms with van der Waals surface area (Å²) in [5.41, 5.74) is 8.08. The first kappa shape index (κ1) is 9.44. The lowest BCUT2D eigenvalue weighted by atomic mass is 10.1. The highest BCUT2D eigenvalue weighted by Crippen LogP contribution is 2.17. The monoisotopic (exact) mass is 191 g/mol. The third-order valence-corrected chi connectivity index (χ3v) is 2.83. The Hall–Kier alpha value is -1.12. The molecule has 0 unspecified atom stereocenters. The Morgan fingerprint density at radius 1 is 1.00 bits per heavy atom. The predicted octanol–water partition coefficient (Wildman–Crippen LogP) is 2.11. The van der Waals surface area contributed by atoms with Crippen LogP contribution in [-0.4, -0.2) is 9.97 Å². The molecule has 0 aromatic carbocycles. The van der Waals surface area contributed by atoms with Gasteiger partial charge in [-0.2, -0.15) is 0 Å². The lowest BCUT2D eigenvalue weighted by molar-refractivity contribution is 0.628. The minimum atomic E-state index is 0.419. The van der Waals surface area contributed by atoms with Crippen LogP contribution in [0.4, 0.5) is 5.95 Å². The Labute approximate surface area is 84.8 Å². The summed E-state index contributed by atoms with van der Waals surface area (Å²) in [6.07, 6.45) is 10.6. The van der Waals surface area contributed by atoms with Crippen LogP contribution in [0.3, 0.4) is 0 Å². The number of nitrogens with zero attached hydrogens (tertiary/aromatic N) is 2. The van der Waals surface area contributed by atoms with Crippen molar-refractivity contribution in [2.24, 2.45) is 0 Å². The summed E-state index contributed by atoms with van der Waals surface area (Å²) in [7, 11) is 0. The van der Waals surface area contributed by atoms with Crippen LogP contribution in [-0.2, 0) is 12.8 Å². The van der Waals surface area contributed by atoms with Crippen LogP contribution < -0.4 is 5.73 Å². The van der Waals surface area contributed by atoms with E-state index in [0.717, 1.165) is 12.8 Å². The fourth-order valence-electron chi connectivity index (χ4n) is 2.02. The lowest BCUT2D eigenvalue weighted by Crippen LogP contribution is -2.03. The zero-order valence-corrected chi connectivity index (χ0v) is 8.50.